The van der Waals surface area contributed by atoms with Crippen molar-refractivity contribution in [1.82, 2.24) is 4.57 Å². The van der Waals surface area contributed by atoms with Crippen LogP contribution in [0.15, 0.2) is 57.5 Å². The summed E-state index contributed by atoms with van der Waals surface area (Å²) in [5.74, 6) is 0.429. The Hall–Kier alpha value is -2.19. The second kappa shape index (κ2) is 10.8. The van der Waals surface area contributed by atoms with Crippen molar-refractivity contribution in [1.29, 1.82) is 0 Å². The van der Waals surface area contributed by atoms with Crippen molar-refractivity contribution in [3.63, 3.8) is 0 Å². The second-order valence-electron chi connectivity index (χ2n) is 7.64. The van der Waals surface area contributed by atoms with E-state index in [0.717, 1.165) is 11.1 Å². The summed E-state index contributed by atoms with van der Waals surface area (Å²) in [5, 5.41) is 10.1. The molecule has 1 aliphatic heterocycles. The van der Waals surface area contributed by atoms with Gasteiger partial charge in [-0.1, -0.05) is 23.5 Å². The first-order valence-corrected chi connectivity index (χ1v) is 13.8. The molecule has 1 N–H and O–H groups in total. The number of carbonyl (C=O) groups excluding carboxylic acids is 1. The number of phenols is 1. The highest BCUT2D eigenvalue weighted by Gasteiger charge is 2.33. The van der Waals surface area contributed by atoms with Crippen LogP contribution in [0, 0.1) is 7.14 Å². The number of esters is 1. The SMILES string of the molecule is CCOC(=O)C1=C(C)N=c2s/c(=C/c3cc(I)c(O)c(I)c3)c(=O)n2C1c1ccc(OCC)cc1. The van der Waals surface area contributed by atoms with Crippen molar-refractivity contribution in [3.8, 4) is 11.5 Å². The number of hydrogen-bond acceptors (Lipinski definition) is 7. The number of aromatic hydroxyl groups is 1. The number of allylic oxidation sites excluding steroid dienone is 1. The number of carbonyl (C=O) groups is 1. The maximum atomic E-state index is 13.7. The third-order valence-electron chi connectivity index (χ3n) is 5.36. The summed E-state index contributed by atoms with van der Waals surface area (Å²) in [4.78, 5) is 31.8. The van der Waals surface area contributed by atoms with Gasteiger partial charge in [0.25, 0.3) is 5.56 Å². The molecule has 0 saturated carbocycles. The zero-order valence-electron chi connectivity index (χ0n) is 19.2. The zero-order valence-corrected chi connectivity index (χ0v) is 24.3. The fourth-order valence-electron chi connectivity index (χ4n) is 3.84. The second-order valence-corrected chi connectivity index (χ2v) is 11.0. The zero-order chi connectivity index (χ0) is 25.3. The van der Waals surface area contributed by atoms with Gasteiger partial charge in [-0.05, 0) is 107 Å². The highest BCUT2D eigenvalue weighted by molar-refractivity contribution is 14.1. The monoisotopic (exact) mass is 716 g/mol. The molecule has 2 heterocycles. The normalized spacial score (nSPS) is 15.6. The summed E-state index contributed by atoms with van der Waals surface area (Å²) in [7, 11) is 0. The van der Waals surface area contributed by atoms with Crippen LogP contribution in [0.3, 0.4) is 0 Å². The largest absolute Gasteiger partial charge is 0.506 e. The van der Waals surface area contributed by atoms with E-state index in [9.17, 15) is 14.7 Å². The average molecular weight is 716 g/mol. The van der Waals surface area contributed by atoms with Crippen molar-refractivity contribution >= 4 is 68.6 Å². The Morgan fingerprint density at radius 3 is 2.43 bits per heavy atom. The summed E-state index contributed by atoms with van der Waals surface area (Å²) in [6, 6.07) is 10.3. The van der Waals surface area contributed by atoms with E-state index in [1.807, 2.05) is 43.3 Å². The van der Waals surface area contributed by atoms with Crippen molar-refractivity contribution in [3.05, 3.63) is 85.6 Å². The summed E-state index contributed by atoms with van der Waals surface area (Å²) in [6.07, 6.45) is 1.78. The molecule has 0 aliphatic carbocycles. The average Bonchev–Trinajstić information content (AvgIpc) is 3.11. The molecule has 0 amide bonds. The van der Waals surface area contributed by atoms with Gasteiger partial charge in [0.1, 0.15) is 11.5 Å². The number of benzene rings is 2. The van der Waals surface area contributed by atoms with Crippen LogP contribution in [0.1, 0.15) is 37.9 Å². The molecule has 10 heteroatoms. The van der Waals surface area contributed by atoms with E-state index in [0.29, 0.717) is 40.1 Å². The lowest BCUT2D eigenvalue weighted by Crippen LogP contribution is -2.39. The fourth-order valence-corrected chi connectivity index (χ4v) is 6.70. The van der Waals surface area contributed by atoms with Gasteiger partial charge < -0.3 is 14.6 Å². The molecule has 35 heavy (non-hydrogen) atoms. The Morgan fingerprint density at radius 2 is 1.83 bits per heavy atom. The lowest BCUT2D eigenvalue weighted by molar-refractivity contribution is -0.139. The van der Waals surface area contributed by atoms with Crippen LogP contribution in [0.2, 0.25) is 0 Å². The van der Waals surface area contributed by atoms with Crippen molar-refractivity contribution in [2.24, 2.45) is 4.99 Å². The molecule has 1 aliphatic rings. The van der Waals surface area contributed by atoms with Gasteiger partial charge in [-0.2, -0.15) is 0 Å². The number of thiazole rings is 1. The van der Waals surface area contributed by atoms with Gasteiger partial charge in [-0.25, -0.2) is 9.79 Å². The quantitative estimate of drug-likeness (QED) is 0.307. The van der Waals surface area contributed by atoms with Gasteiger partial charge in [-0.15, -0.1) is 0 Å². The number of phenolic OH excluding ortho intramolecular Hbond substituents is 1. The van der Waals surface area contributed by atoms with Crippen LogP contribution in [0.5, 0.6) is 11.5 Å². The topological polar surface area (TPSA) is 90.1 Å². The maximum Gasteiger partial charge on any atom is 0.338 e. The van der Waals surface area contributed by atoms with E-state index < -0.39 is 12.0 Å². The minimum atomic E-state index is -0.678. The predicted molar refractivity (Wildman–Crippen MR) is 152 cm³/mol. The van der Waals surface area contributed by atoms with Gasteiger partial charge in [0, 0.05) is 0 Å². The molecule has 0 bridgehead atoms. The molecule has 0 spiro atoms. The van der Waals surface area contributed by atoms with Crippen LogP contribution in [0.25, 0.3) is 6.08 Å². The summed E-state index contributed by atoms with van der Waals surface area (Å²) in [5.41, 5.74) is 2.15. The molecular formula is C25H22I2N2O5S. The minimum Gasteiger partial charge on any atom is -0.506 e. The number of ether oxygens (including phenoxy) is 2. The van der Waals surface area contributed by atoms with Crippen molar-refractivity contribution < 1.29 is 19.4 Å². The van der Waals surface area contributed by atoms with Gasteiger partial charge in [0.05, 0.1) is 42.2 Å². The van der Waals surface area contributed by atoms with Gasteiger partial charge in [0.15, 0.2) is 4.80 Å². The highest BCUT2D eigenvalue weighted by atomic mass is 127. The van der Waals surface area contributed by atoms with Crippen LogP contribution in [-0.2, 0) is 9.53 Å². The third-order valence-corrected chi connectivity index (χ3v) is 7.99. The fraction of sp³-hybridized carbons (Fsp3) is 0.240. The number of aromatic nitrogens is 1. The number of halogens is 2. The number of nitrogens with zero attached hydrogens (tertiary/aromatic N) is 2. The maximum absolute atomic E-state index is 13.7. The molecule has 1 atom stereocenters. The first-order valence-electron chi connectivity index (χ1n) is 10.9. The van der Waals surface area contributed by atoms with E-state index in [4.69, 9.17) is 9.47 Å². The van der Waals surface area contributed by atoms with E-state index >= 15 is 0 Å². The lowest BCUT2D eigenvalue weighted by Gasteiger charge is -2.24. The van der Waals surface area contributed by atoms with Crippen LogP contribution < -0.4 is 19.6 Å². The number of rotatable bonds is 6. The van der Waals surface area contributed by atoms with Gasteiger partial charge >= 0.3 is 5.97 Å². The first-order chi connectivity index (χ1) is 16.7. The van der Waals surface area contributed by atoms with Crippen molar-refractivity contribution in [2.45, 2.75) is 26.8 Å². The molecule has 7 nitrogen and oxygen atoms in total. The summed E-state index contributed by atoms with van der Waals surface area (Å²) >= 11 is 5.39. The van der Waals surface area contributed by atoms with E-state index in [-0.39, 0.29) is 17.9 Å². The lowest BCUT2D eigenvalue weighted by atomic mass is 9.96. The Labute approximate surface area is 233 Å². The first kappa shape index (κ1) is 25.9. The van der Waals surface area contributed by atoms with Crippen molar-refractivity contribution in [2.75, 3.05) is 13.2 Å². The van der Waals surface area contributed by atoms with Crippen LogP contribution in [-0.4, -0.2) is 28.9 Å². The predicted octanol–water partition coefficient (Wildman–Crippen LogP) is 4.11. The minimum absolute atomic E-state index is 0.216. The highest BCUT2D eigenvalue weighted by Crippen LogP contribution is 2.32. The Bertz CT molecular complexity index is 1480. The smallest absolute Gasteiger partial charge is 0.338 e. The molecule has 2 aromatic carbocycles. The Balaban J connectivity index is 1.92. The molecule has 1 unspecified atom stereocenters. The standard InChI is InChI=1S/C25H22I2N2O5S/c1-4-33-16-8-6-15(7-9-16)21-20(24(32)34-5-2)13(3)28-25-29(21)23(31)19(35-25)12-14-10-17(26)22(30)18(27)11-14/h6-12,21,30H,4-5H2,1-3H3/b19-12+. The van der Waals surface area contributed by atoms with Gasteiger partial charge in [-0.3, -0.25) is 9.36 Å². The molecule has 0 radical (unpaired) electrons. The Kier molecular flexibility index (Phi) is 8.01. The van der Waals surface area contributed by atoms with E-state index in [1.54, 1.807) is 24.5 Å². The number of fused-ring (bicyclic) bond motifs is 1. The molecule has 3 aromatic rings. The molecule has 1 aromatic heterocycles. The third kappa shape index (κ3) is 5.19. The van der Waals surface area contributed by atoms with Crippen LogP contribution >= 0.6 is 56.5 Å². The molecule has 0 fully saturated rings. The van der Waals surface area contributed by atoms with Crippen LogP contribution in [0.4, 0.5) is 0 Å². The van der Waals surface area contributed by atoms with E-state index in [2.05, 4.69) is 50.2 Å². The number of hydrogen-bond donors (Lipinski definition) is 1. The molecular weight excluding hydrogens is 694 g/mol. The van der Waals surface area contributed by atoms with E-state index in [1.165, 1.54) is 11.3 Å². The summed E-state index contributed by atoms with van der Waals surface area (Å²) < 4.78 is 14.3. The molecule has 4 rings (SSSR count). The molecule has 0 saturated heterocycles. The van der Waals surface area contributed by atoms with Gasteiger partial charge in [0.2, 0.25) is 0 Å². The molecule has 182 valence electrons. The Morgan fingerprint density at radius 1 is 1.17 bits per heavy atom. The summed E-state index contributed by atoms with van der Waals surface area (Å²) in [6.45, 7) is 6.17.